The van der Waals surface area contributed by atoms with E-state index in [1.165, 1.54) is 22.6 Å². The van der Waals surface area contributed by atoms with E-state index in [0.29, 0.717) is 22.5 Å². The van der Waals surface area contributed by atoms with Crippen molar-refractivity contribution >= 4 is 27.5 Å². The normalized spacial score (nSPS) is 19.3. The van der Waals surface area contributed by atoms with Gasteiger partial charge in [-0.2, -0.15) is 17.5 Å². The highest BCUT2D eigenvalue weighted by Crippen LogP contribution is 2.37. The smallest absolute Gasteiger partial charge is 0.452 e. The zero-order chi connectivity index (χ0) is 29.8. The molecule has 6 rings (SSSR count). The number of hydrogen-bond acceptors (Lipinski definition) is 7. The van der Waals surface area contributed by atoms with Crippen molar-refractivity contribution in [1.82, 2.24) is 23.9 Å². The number of anilines is 1. The molecule has 14 heteroatoms. The molecule has 3 aromatic heterocycles. The number of halogens is 3. The Balaban J connectivity index is 1.37. The molecule has 1 saturated heterocycles. The van der Waals surface area contributed by atoms with Crippen LogP contribution in [0.4, 0.5) is 19.0 Å². The second-order valence-electron chi connectivity index (χ2n) is 10.7. The highest BCUT2D eigenvalue weighted by molar-refractivity contribution is 7.89. The van der Waals surface area contributed by atoms with Gasteiger partial charge in [0.2, 0.25) is 15.8 Å². The maximum Gasteiger partial charge on any atom is 0.452 e. The van der Waals surface area contributed by atoms with Crippen LogP contribution < -0.4 is 4.90 Å². The van der Waals surface area contributed by atoms with E-state index in [2.05, 4.69) is 20.1 Å². The molecule has 0 bridgehead atoms. The van der Waals surface area contributed by atoms with Crippen LogP contribution in [0.5, 0.6) is 0 Å². The van der Waals surface area contributed by atoms with Crippen molar-refractivity contribution in [3.05, 3.63) is 82.9 Å². The number of aryl methyl sites for hydroxylation is 1. The lowest BCUT2D eigenvalue weighted by molar-refractivity contribution is -0.145. The predicted octanol–water partition coefficient (Wildman–Crippen LogP) is 4.23. The van der Waals surface area contributed by atoms with Gasteiger partial charge in [-0.15, -0.1) is 10.2 Å². The Morgan fingerprint density at radius 2 is 1.93 bits per heavy atom. The van der Waals surface area contributed by atoms with Gasteiger partial charge in [-0.1, -0.05) is 18.2 Å². The molecule has 2 atom stereocenters. The van der Waals surface area contributed by atoms with Crippen molar-refractivity contribution in [3.63, 3.8) is 0 Å². The summed E-state index contributed by atoms with van der Waals surface area (Å²) in [6, 6.07) is 11.3. The first-order chi connectivity index (χ1) is 19.9. The molecular weight excluding hydrogens is 573 g/mol. The highest BCUT2D eigenvalue weighted by atomic mass is 32.2. The summed E-state index contributed by atoms with van der Waals surface area (Å²) in [5, 5.41) is 16.6. The molecule has 2 aliphatic rings. The van der Waals surface area contributed by atoms with E-state index in [4.69, 9.17) is 0 Å². The van der Waals surface area contributed by atoms with Crippen LogP contribution in [0.3, 0.4) is 0 Å². The monoisotopic (exact) mass is 600 g/mol. The van der Waals surface area contributed by atoms with Crippen LogP contribution in [0.25, 0.3) is 5.65 Å². The van der Waals surface area contributed by atoms with Crippen LogP contribution >= 0.6 is 0 Å². The standard InChI is InChI=1S/C28H27F3N6O4S/c1-17-6-7-18(22(14-25(38)39)19-8-11-37-24(13-19)33-34-27(37)28(29,30)31)12-20(17)15-35-16-21-4-3-10-36(21)26-23(42(35,40)41)5-2-9-32-26/h2,5-9,11-13,21-22H,3-4,10,14-16H2,1H3,(H,38,39)/t21-,22-/m0/s1. The average molecular weight is 601 g/mol. The van der Waals surface area contributed by atoms with Crippen LogP contribution in [0.2, 0.25) is 0 Å². The second-order valence-corrected chi connectivity index (χ2v) is 12.6. The summed E-state index contributed by atoms with van der Waals surface area (Å²) in [7, 11) is -3.89. The van der Waals surface area contributed by atoms with Crippen molar-refractivity contribution in [3.8, 4) is 0 Å². The molecule has 2 aliphatic heterocycles. The number of nitrogens with zero attached hydrogens (tertiary/aromatic N) is 6. The number of hydrogen-bond donors (Lipinski definition) is 1. The maximum atomic E-state index is 13.8. The minimum absolute atomic E-state index is 0.0179. The molecule has 42 heavy (non-hydrogen) atoms. The summed E-state index contributed by atoms with van der Waals surface area (Å²) < 4.78 is 69.9. The molecule has 4 aromatic rings. The van der Waals surface area contributed by atoms with Gasteiger partial charge in [-0.25, -0.2) is 13.4 Å². The second kappa shape index (κ2) is 10.3. The molecule has 0 amide bonds. The molecule has 10 nitrogen and oxygen atoms in total. The Morgan fingerprint density at radius 1 is 1.14 bits per heavy atom. The van der Waals surface area contributed by atoms with E-state index < -0.39 is 33.9 Å². The summed E-state index contributed by atoms with van der Waals surface area (Å²) in [5.74, 6) is -2.53. The first kappa shape index (κ1) is 28.1. The number of rotatable bonds is 6. The van der Waals surface area contributed by atoms with Gasteiger partial charge in [-0.05, 0) is 66.3 Å². The largest absolute Gasteiger partial charge is 0.481 e. The molecule has 220 valence electrons. The topological polar surface area (TPSA) is 121 Å². The van der Waals surface area contributed by atoms with Crippen molar-refractivity contribution in [1.29, 1.82) is 0 Å². The van der Waals surface area contributed by atoms with Gasteiger partial charge in [0.1, 0.15) is 10.7 Å². The summed E-state index contributed by atoms with van der Waals surface area (Å²) in [6.07, 6.45) is -0.496. The number of benzene rings is 1. The number of pyridine rings is 2. The molecule has 0 aliphatic carbocycles. The SMILES string of the molecule is Cc1ccc([C@H](CC(=O)O)c2ccn3c(C(F)(F)F)nnc3c2)cc1CN1C[C@@H]2CCCN2c2ncccc2S1(=O)=O. The van der Waals surface area contributed by atoms with E-state index in [9.17, 15) is 31.5 Å². The van der Waals surface area contributed by atoms with Gasteiger partial charge in [0.25, 0.3) is 0 Å². The molecule has 0 radical (unpaired) electrons. The lowest BCUT2D eigenvalue weighted by atomic mass is 9.87. The molecule has 1 aromatic carbocycles. The number of carbonyl (C=O) groups is 1. The Bertz CT molecular complexity index is 1790. The maximum absolute atomic E-state index is 13.8. The summed E-state index contributed by atoms with van der Waals surface area (Å²) in [4.78, 5) is 18.5. The highest BCUT2D eigenvalue weighted by Gasteiger charge is 2.40. The Labute approximate surface area is 239 Å². The summed E-state index contributed by atoms with van der Waals surface area (Å²) >= 11 is 0. The minimum Gasteiger partial charge on any atom is -0.481 e. The molecule has 0 spiro atoms. The molecule has 1 fully saturated rings. The molecule has 5 heterocycles. The third-order valence-corrected chi connectivity index (χ3v) is 9.86. The van der Waals surface area contributed by atoms with E-state index in [1.54, 1.807) is 36.5 Å². The number of aliphatic carboxylic acids is 1. The predicted molar refractivity (Wildman–Crippen MR) is 145 cm³/mol. The quantitative estimate of drug-likeness (QED) is 0.349. The molecule has 0 unspecified atom stereocenters. The third-order valence-electron chi connectivity index (χ3n) is 8.02. The molecular formula is C28H27F3N6O4S. The van der Waals surface area contributed by atoms with Gasteiger partial charge in [-0.3, -0.25) is 9.20 Å². The van der Waals surface area contributed by atoms with Gasteiger partial charge < -0.3 is 10.0 Å². The number of carboxylic acids is 1. The first-order valence-electron chi connectivity index (χ1n) is 13.4. The Hall–Kier alpha value is -4.04. The van der Waals surface area contributed by atoms with Crippen molar-refractivity contribution in [2.45, 2.75) is 55.8 Å². The minimum atomic E-state index is -4.70. The number of sulfonamides is 1. The lowest BCUT2D eigenvalue weighted by Crippen LogP contribution is -2.39. The number of aromatic nitrogens is 4. The van der Waals surface area contributed by atoms with Crippen LogP contribution in [-0.4, -0.2) is 62.5 Å². The Morgan fingerprint density at radius 3 is 2.69 bits per heavy atom. The van der Waals surface area contributed by atoms with Gasteiger partial charge in [0.15, 0.2) is 5.65 Å². The van der Waals surface area contributed by atoms with E-state index >= 15 is 0 Å². The van der Waals surface area contributed by atoms with Crippen molar-refractivity contribution in [2.75, 3.05) is 18.0 Å². The first-order valence-corrected chi connectivity index (χ1v) is 14.8. The number of fused-ring (bicyclic) bond motifs is 4. The number of alkyl halides is 3. The lowest BCUT2D eigenvalue weighted by Gasteiger charge is -2.26. The molecule has 1 N–H and O–H groups in total. The summed E-state index contributed by atoms with van der Waals surface area (Å²) in [5.41, 5.74) is 2.50. The zero-order valence-electron chi connectivity index (χ0n) is 22.5. The van der Waals surface area contributed by atoms with E-state index in [-0.39, 0.29) is 36.1 Å². The fraction of sp³-hybridized carbons (Fsp3) is 0.357. The van der Waals surface area contributed by atoms with Crippen LogP contribution in [0, 0.1) is 6.92 Å². The van der Waals surface area contributed by atoms with Crippen LogP contribution in [0.15, 0.2) is 59.8 Å². The van der Waals surface area contributed by atoms with Crippen molar-refractivity contribution < 1.29 is 31.5 Å². The zero-order valence-corrected chi connectivity index (χ0v) is 23.3. The van der Waals surface area contributed by atoms with Gasteiger partial charge in [0.05, 0.1) is 6.42 Å². The van der Waals surface area contributed by atoms with Gasteiger partial charge >= 0.3 is 12.1 Å². The van der Waals surface area contributed by atoms with Crippen molar-refractivity contribution in [2.24, 2.45) is 0 Å². The fourth-order valence-corrected chi connectivity index (χ4v) is 7.52. The van der Waals surface area contributed by atoms with Gasteiger partial charge in [0, 0.05) is 44.0 Å². The van der Waals surface area contributed by atoms with Crippen LogP contribution in [0.1, 0.15) is 53.3 Å². The fourth-order valence-electron chi connectivity index (χ4n) is 5.91. The van der Waals surface area contributed by atoms with Crippen LogP contribution in [-0.2, 0) is 27.5 Å². The molecule has 0 saturated carbocycles. The third kappa shape index (κ3) is 4.98. The van der Waals surface area contributed by atoms with E-state index in [1.807, 2.05) is 6.92 Å². The van der Waals surface area contributed by atoms with E-state index in [0.717, 1.165) is 29.4 Å². The average Bonchev–Trinajstić information content (AvgIpc) is 3.57. The number of carboxylic acid groups (broad SMARTS) is 1. The Kier molecular flexibility index (Phi) is 6.92. The summed E-state index contributed by atoms with van der Waals surface area (Å²) in [6.45, 7) is 2.93.